The van der Waals surface area contributed by atoms with Gasteiger partial charge in [0.1, 0.15) is 11.0 Å². The Hall–Kier alpha value is -1.37. The van der Waals surface area contributed by atoms with Gasteiger partial charge in [0.2, 0.25) is 0 Å². The molecule has 1 aromatic rings. The van der Waals surface area contributed by atoms with Crippen LogP contribution in [0.25, 0.3) is 0 Å². The van der Waals surface area contributed by atoms with Gasteiger partial charge in [-0.05, 0) is 12.1 Å². The summed E-state index contributed by atoms with van der Waals surface area (Å²) < 4.78 is 10.0. The third-order valence-corrected chi connectivity index (χ3v) is 3.06. The van der Waals surface area contributed by atoms with Crippen molar-refractivity contribution in [1.29, 1.82) is 0 Å². The Balaban J connectivity index is 2.24. The fraction of sp³-hybridized carbons (Fsp3) is 0.500. The maximum atomic E-state index is 11.5. The molecule has 2 heterocycles. The highest BCUT2D eigenvalue weighted by Crippen LogP contribution is 2.21. The van der Waals surface area contributed by atoms with Crippen LogP contribution in [0.2, 0.25) is 5.15 Å². The molecular weight excluding hydrogens is 272 g/mol. The van der Waals surface area contributed by atoms with Gasteiger partial charge in [-0.2, -0.15) is 0 Å². The first-order chi connectivity index (χ1) is 9.13. The molecule has 0 aromatic carbocycles. The molecule has 1 aliphatic rings. The summed E-state index contributed by atoms with van der Waals surface area (Å²) in [4.78, 5) is 17.6. The minimum absolute atomic E-state index is 0.0546. The van der Waals surface area contributed by atoms with Crippen LogP contribution in [0.15, 0.2) is 12.1 Å². The number of carbonyl (C=O) groups excluding carboxylic acids is 1. The molecule has 1 N–H and O–H groups in total. The van der Waals surface area contributed by atoms with Crippen molar-refractivity contribution in [3.8, 4) is 0 Å². The molecule has 0 saturated carbocycles. The molecule has 7 heteroatoms. The zero-order valence-electron chi connectivity index (χ0n) is 10.5. The summed E-state index contributed by atoms with van der Waals surface area (Å²) in [5.41, 5.74) is 0.351. The number of morpholine rings is 1. The zero-order chi connectivity index (χ0) is 13.8. The number of ether oxygens (including phenoxy) is 2. The van der Waals surface area contributed by atoms with Gasteiger partial charge >= 0.3 is 5.97 Å². The molecular formula is C12H15ClN2O4. The van der Waals surface area contributed by atoms with Crippen molar-refractivity contribution < 1.29 is 19.4 Å². The summed E-state index contributed by atoms with van der Waals surface area (Å²) in [7, 11) is 1.31. The van der Waals surface area contributed by atoms with Gasteiger partial charge < -0.3 is 19.5 Å². The van der Waals surface area contributed by atoms with Crippen LogP contribution in [0.4, 0.5) is 5.82 Å². The molecule has 0 amide bonds. The SMILES string of the molecule is COC(=O)c1cc(Cl)nc(N2CCOC(CO)C2)c1. The van der Waals surface area contributed by atoms with E-state index in [2.05, 4.69) is 9.72 Å². The summed E-state index contributed by atoms with van der Waals surface area (Å²) in [6.45, 7) is 1.57. The van der Waals surface area contributed by atoms with Crippen LogP contribution in [0, 0.1) is 0 Å². The minimum atomic E-state index is -0.461. The number of hydrogen-bond acceptors (Lipinski definition) is 6. The lowest BCUT2D eigenvalue weighted by atomic mass is 10.2. The number of nitrogens with zero attached hydrogens (tertiary/aromatic N) is 2. The van der Waals surface area contributed by atoms with E-state index >= 15 is 0 Å². The number of aliphatic hydroxyl groups excluding tert-OH is 1. The summed E-state index contributed by atoms with van der Waals surface area (Å²) >= 11 is 5.91. The van der Waals surface area contributed by atoms with Crippen LogP contribution in [0.5, 0.6) is 0 Å². The van der Waals surface area contributed by atoms with Crippen LogP contribution in [-0.4, -0.2) is 55.6 Å². The van der Waals surface area contributed by atoms with Crippen molar-refractivity contribution in [2.45, 2.75) is 6.10 Å². The fourth-order valence-corrected chi connectivity index (χ4v) is 2.12. The third-order valence-electron chi connectivity index (χ3n) is 2.87. The van der Waals surface area contributed by atoms with Gasteiger partial charge in [0, 0.05) is 13.1 Å². The normalized spacial score (nSPS) is 19.3. The van der Waals surface area contributed by atoms with Gasteiger partial charge in [-0.25, -0.2) is 9.78 Å². The zero-order valence-corrected chi connectivity index (χ0v) is 11.3. The average Bonchev–Trinajstić information content (AvgIpc) is 2.45. The van der Waals surface area contributed by atoms with Gasteiger partial charge in [0.05, 0.1) is 32.0 Å². The lowest BCUT2D eigenvalue weighted by molar-refractivity contribution is 0.00336. The monoisotopic (exact) mass is 286 g/mol. The largest absolute Gasteiger partial charge is 0.465 e. The number of carbonyl (C=O) groups is 1. The maximum absolute atomic E-state index is 11.5. The number of anilines is 1. The molecule has 1 atom stereocenters. The molecule has 1 aromatic heterocycles. The lowest BCUT2D eigenvalue weighted by Crippen LogP contribution is -2.44. The summed E-state index contributed by atoms with van der Waals surface area (Å²) in [6.07, 6.45) is -0.254. The number of rotatable bonds is 3. The van der Waals surface area contributed by atoms with Crippen LogP contribution < -0.4 is 4.90 Å². The molecule has 0 spiro atoms. The first kappa shape index (κ1) is 14.0. The van der Waals surface area contributed by atoms with Crippen molar-refractivity contribution in [2.24, 2.45) is 0 Å². The fourth-order valence-electron chi connectivity index (χ4n) is 1.92. The first-order valence-electron chi connectivity index (χ1n) is 5.87. The molecule has 19 heavy (non-hydrogen) atoms. The van der Waals surface area contributed by atoms with E-state index in [1.807, 2.05) is 4.90 Å². The molecule has 1 saturated heterocycles. The molecule has 0 bridgehead atoms. The Morgan fingerprint density at radius 2 is 2.47 bits per heavy atom. The number of halogens is 1. The van der Waals surface area contributed by atoms with Gasteiger partial charge in [-0.15, -0.1) is 0 Å². The molecule has 104 valence electrons. The van der Waals surface area contributed by atoms with Crippen LogP contribution in [0.3, 0.4) is 0 Å². The molecule has 1 unspecified atom stereocenters. The summed E-state index contributed by atoms with van der Waals surface area (Å²) in [5.74, 6) is 0.118. The van der Waals surface area contributed by atoms with E-state index in [1.165, 1.54) is 13.2 Å². The Labute approximate surface area is 115 Å². The second kappa shape index (κ2) is 6.18. The molecule has 6 nitrogen and oxygen atoms in total. The second-order valence-corrected chi connectivity index (χ2v) is 4.54. The van der Waals surface area contributed by atoms with Crippen molar-refractivity contribution in [1.82, 2.24) is 4.98 Å². The lowest BCUT2D eigenvalue weighted by Gasteiger charge is -2.33. The van der Waals surface area contributed by atoms with E-state index in [1.54, 1.807) is 6.07 Å². The molecule has 0 radical (unpaired) electrons. The van der Waals surface area contributed by atoms with E-state index in [0.717, 1.165) is 0 Å². The highest BCUT2D eigenvalue weighted by Gasteiger charge is 2.22. The molecule has 1 aliphatic heterocycles. The standard InChI is InChI=1S/C12H15ClN2O4/c1-18-12(17)8-4-10(13)14-11(5-8)15-2-3-19-9(6-15)7-16/h4-5,9,16H,2-3,6-7H2,1H3. The Morgan fingerprint density at radius 1 is 1.68 bits per heavy atom. The van der Waals surface area contributed by atoms with Gasteiger partial charge in [-0.1, -0.05) is 11.6 Å². The van der Waals surface area contributed by atoms with E-state index in [4.69, 9.17) is 21.4 Å². The van der Waals surface area contributed by atoms with Crippen molar-refractivity contribution in [3.63, 3.8) is 0 Å². The van der Waals surface area contributed by atoms with E-state index in [9.17, 15) is 4.79 Å². The van der Waals surface area contributed by atoms with Crippen molar-refractivity contribution in [3.05, 3.63) is 22.8 Å². The Bertz CT molecular complexity index is 469. The van der Waals surface area contributed by atoms with Crippen molar-refractivity contribution >= 4 is 23.4 Å². The van der Waals surface area contributed by atoms with Crippen molar-refractivity contribution in [2.75, 3.05) is 38.3 Å². The quantitative estimate of drug-likeness (QED) is 0.652. The summed E-state index contributed by atoms with van der Waals surface area (Å²) in [5, 5.41) is 9.35. The van der Waals surface area contributed by atoms with Gasteiger partial charge in [0.25, 0.3) is 0 Å². The number of aromatic nitrogens is 1. The van der Waals surface area contributed by atoms with Crippen LogP contribution >= 0.6 is 11.6 Å². The highest BCUT2D eigenvalue weighted by molar-refractivity contribution is 6.29. The number of hydrogen-bond donors (Lipinski definition) is 1. The minimum Gasteiger partial charge on any atom is -0.465 e. The number of esters is 1. The number of aliphatic hydroxyl groups is 1. The molecule has 1 fully saturated rings. The van der Waals surface area contributed by atoms with E-state index in [-0.39, 0.29) is 17.9 Å². The van der Waals surface area contributed by atoms with Gasteiger partial charge in [0.15, 0.2) is 0 Å². The predicted molar refractivity (Wildman–Crippen MR) is 69.6 cm³/mol. The summed E-state index contributed by atoms with van der Waals surface area (Å²) in [6, 6.07) is 3.08. The van der Waals surface area contributed by atoms with E-state index < -0.39 is 5.97 Å². The van der Waals surface area contributed by atoms with Crippen LogP contribution in [-0.2, 0) is 9.47 Å². The van der Waals surface area contributed by atoms with E-state index in [0.29, 0.717) is 31.1 Å². The average molecular weight is 287 g/mol. The molecule has 0 aliphatic carbocycles. The van der Waals surface area contributed by atoms with Gasteiger partial charge in [-0.3, -0.25) is 0 Å². The topological polar surface area (TPSA) is 71.9 Å². The Morgan fingerprint density at radius 3 is 3.16 bits per heavy atom. The predicted octanol–water partition coefficient (Wildman–Crippen LogP) is 0.719. The first-order valence-corrected chi connectivity index (χ1v) is 6.25. The second-order valence-electron chi connectivity index (χ2n) is 4.15. The molecule has 2 rings (SSSR count). The smallest absolute Gasteiger partial charge is 0.338 e. The number of pyridine rings is 1. The highest BCUT2D eigenvalue weighted by atomic mass is 35.5. The maximum Gasteiger partial charge on any atom is 0.338 e. The third kappa shape index (κ3) is 3.34. The van der Waals surface area contributed by atoms with Crippen LogP contribution in [0.1, 0.15) is 10.4 Å². The number of methoxy groups -OCH3 is 1. The Kier molecular flexibility index (Phi) is 4.57.